The smallest absolute Gasteiger partial charge is 0.271 e. The first-order valence-electron chi connectivity index (χ1n) is 13.9. The molecule has 1 amide bonds. The molecule has 0 atom stereocenters. The molecule has 0 radical (unpaired) electrons. The number of nitrogens with one attached hydrogen (secondary N) is 1. The lowest BCUT2D eigenvalue weighted by atomic mass is 10.0. The standard InChI is InChI=1S/C30H43N3O4/c1-2-3-4-5-6-7-8-9-10-11-12-13-14-15-24-37-29-22-18-27(19-23-29)30(34)32-31-25-26-16-20-28(21-17-26)33(35)36/h16-23,25H,2-15,24H2,1H3,(H,32,34)/b31-25+. The van der Waals surface area contributed by atoms with E-state index in [1.165, 1.54) is 102 Å². The lowest BCUT2D eigenvalue weighted by molar-refractivity contribution is -0.384. The maximum absolute atomic E-state index is 12.2. The highest BCUT2D eigenvalue weighted by molar-refractivity contribution is 5.95. The number of benzene rings is 2. The molecule has 0 aliphatic rings. The van der Waals surface area contributed by atoms with Crippen LogP contribution in [0.5, 0.6) is 5.75 Å². The third-order valence-corrected chi connectivity index (χ3v) is 6.37. The Morgan fingerprint density at radius 3 is 1.84 bits per heavy atom. The number of carbonyl (C=O) groups is 1. The molecule has 0 fully saturated rings. The van der Waals surface area contributed by atoms with Crippen LogP contribution < -0.4 is 10.2 Å². The normalized spacial score (nSPS) is 11.1. The Morgan fingerprint density at radius 2 is 1.32 bits per heavy atom. The molecule has 0 aliphatic heterocycles. The van der Waals surface area contributed by atoms with Crippen molar-refractivity contribution < 1.29 is 14.5 Å². The van der Waals surface area contributed by atoms with E-state index in [2.05, 4.69) is 17.5 Å². The Kier molecular flexibility index (Phi) is 15.4. The number of unbranched alkanes of at least 4 members (excludes halogenated alkanes) is 13. The largest absolute Gasteiger partial charge is 0.494 e. The quantitative estimate of drug-likeness (QED) is 0.0842. The summed E-state index contributed by atoms with van der Waals surface area (Å²) >= 11 is 0. The van der Waals surface area contributed by atoms with Crippen LogP contribution in [0.4, 0.5) is 5.69 Å². The molecule has 1 N–H and O–H groups in total. The summed E-state index contributed by atoms with van der Waals surface area (Å²) in [4.78, 5) is 22.5. The summed E-state index contributed by atoms with van der Waals surface area (Å²) in [5.41, 5.74) is 3.59. The van der Waals surface area contributed by atoms with E-state index >= 15 is 0 Å². The lowest BCUT2D eigenvalue weighted by Gasteiger charge is -2.07. The SMILES string of the molecule is CCCCCCCCCCCCCCCCOc1ccc(C(=O)N/N=C/c2ccc([N+](=O)[O-])cc2)cc1. The summed E-state index contributed by atoms with van der Waals surface area (Å²) in [5, 5.41) is 14.6. The molecule has 0 unspecified atom stereocenters. The predicted molar refractivity (Wildman–Crippen MR) is 150 cm³/mol. The van der Waals surface area contributed by atoms with Crippen LogP contribution in [0.3, 0.4) is 0 Å². The van der Waals surface area contributed by atoms with Crippen LogP contribution in [0.2, 0.25) is 0 Å². The second-order valence-corrected chi connectivity index (χ2v) is 9.52. The Bertz CT molecular complexity index is 927. The number of hydrogen-bond donors (Lipinski definition) is 1. The molecule has 0 bridgehead atoms. The highest BCUT2D eigenvalue weighted by Gasteiger charge is 2.05. The lowest BCUT2D eigenvalue weighted by Crippen LogP contribution is -2.17. The molecule has 7 nitrogen and oxygen atoms in total. The number of nitro benzene ring substituents is 1. The van der Waals surface area contributed by atoms with Crippen LogP contribution in [0.25, 0.3) is 0 Å². The van der Waals surface area contributed by atoms with E-state index in [1.54, 1.807) is 36.4 Å². The fourth-order valence-electron chi connectivity index (χ4n) is 4.10. The molecule has 37 heavy (non-hydrogen) atoms. The molecule has 7 heteroatoms. The van der Waals surface area contributed by atoms with Gasteiger partial charge in [0.2, 0.25) is 0 Å². The maximum atomic E-state index is 12.2. The minimum Gasteiger partial charge on any atom is -0.494 e. The molecular weight excluding hydrogens is 466 g/mol. The number of ether oxygens (including phenoxy) is 1. The van der Waals surface area contributed by atoms with Crippen LogP contribution >= 0.6 is 0 Å². The Morgan fingerprint density at radius 1 is 0.811 bits per heavy atom. The van der Waals surface area contributed by atoms with Crippen molar-refractivity contribution in [1.82, 2.24) is 5.43 Å². The maximum Gasteiger partial charge on any atom is 0.271 e. The summed E-state index contributed by atoms with van der Waals surface area (Å²) < 4.78 is 5.80. The molecule has 2 aromatic carbocycles. The van der Waals surface area contributed by atoms with Crippen molar-refractivity contribution in [3.63, 3.8) is 0 Å². The summed E-state index contributed by atoms with van der Waals surface area (Å²) in [6, 6.07) is 12.9. The topological polar surface area (TPSA) is 93.8 Å². The van der Waals surface area contributed by atoms with Crippen molar-refractivity contribution in [3.8, 4) is 5.75 Å². The van der Waals surface area contributed by atoms with Crippen LogP contribution in [-0.2, 0) is 0 Å². The molecule has 0 saturated carbocycles. The molecular formula is C30H43N3O4. The zero-order chi connectivity index (χ0) is 26.6. The minimum absolute atomic E-state index is 0.00726. The van der Waals surface area contributed by atoms with Gasteiger partial charge in [-0.25, -0.2) is 5.43 Å². The highest BCUT2D eigenvalue weighted by atomic mass is 16.6. The van der Waals surface area contributed by atoms with Crippen molar-refractivity contribution >= 4 is 17.8 Å². The second kappa shape index (κ2) is 19.0. The molecule has 0 spiro atoms. The van der Waals surface area contributed by atoms with E-state index in [0.717, 1.165) is 12.2 Å². The van der Waals surface area contributed by atoms with E-state index in [9.17, 15) is 14.9 Å². The highest BCUT2D eigenvalue weighted by Crippen LogP contribution is 2.15. The number of hydrogen-bond acceptors (Lipinski definition) is 5. The number of rotatable bonds is 20. The van der Waals surface area contributed by atoms with E-state index < -0.39 is 4.92 Å². The fraction of sp³-hybridized carbons (Fsp3) is 0.533. The van der Waals surface area contributed by atoms with Gasteiger partial charge in [0.05, 0.1) is 17.7 Å². The van der Waals surface area contributed by atoms with Gasteiger partial charge in [0.25, 0.3) is 11.6 Å². The van der Waals surface area contributed by atoms with E-state index in [-0.39, 0.29) is 11.6 Å². The van der Waals surface area contributed by atoms with E-state index in [0.29, 0.717) is 17.7 Å². The van der Waals surface area contributed by atoms with Gasteiger partial charge >= 0.3 is 0 Å². The summed E-state index contributed by atoms with van der Waals surface area (Å²) in [5.74, 6) is 0.414. The first-order valence-corrected chi connectivity index (χ1v) is 13.9. The molecule has 0 aromatic heterocycles. The van der Waals surface area contributed by atoms with Gasteiger partial charge in [-0.15, -0.1) is 0 Å². The Labute approximate surface area is 221 Å². The van der Waals surface area contributed by atoms with Crippen molar-refractivity contribution in [1.29, 1.82) is 0 Å². The minimum atomic E-state index is -0.462. The molecule has 0 aliphatic carbocycles. The number of nitrogens with zero attached hydrogens (tertiary/aromatic N) is 2. The van der Waals surface area contributed by atoms with Crippen LogP contribution in [0, 0.1) is 10.1 Å². The number of amides is 1. The van der Waals surface area contributed by atoms with Gasteiger partial charge in [-0.2, -0.15) is 5.10 Å². The average molecular weight is 510 g/mol. The number of nitro groups is 1. The van der Waals surface area contributed by atoms with Gasteiger partial charge in [0, 0.05) is 17.7 Å². The molecule has 202 valence electrons. The number of hydrazone groups is 1. The van der Waals surface area contributed by atoms with Crippen LogP contribution in [-0.4, -0.2) is 23.7 Å². The van der Waals surface area contributed by atoms with Crippen molar-refractivity contribution in [2.45, 2.75) is 96.8 Å². The number of carbonyl (C=O) groups excluding carboxylic acids is 1. The number of non-ortho nitro benzene ring substituents is 1. The Balaban J connectivity index is 1.49. The first-order chi connectivity index (χ1) is 18.1. The van der Waals surface area contributed by atoms with Crippen molar-refractivity contribution in [3.05, 3.63) is 69.8 Å². The summed E-state index contributed by atoms with van der Waals surface area (Å²) in [6.07, 6.45) is 20.1. The summed E-state index contributed by atoms with van der Waals surface area (Å²) in [7, 11) is 0. The van der Waals surface area contributed by atoms with E-state index in [1.807, 2.05) is 0 Å². The molecule has 0 heterocycles. The third kappa shape index (κ3) is 13.6. The van der Waals surface area contributed by atoms with Gasteiger partial charge in [0.15, 0.2) is 0 Å². The fourth-order valence-corrected chi connectivity index (χ4v) is 4.10. The van der Waals surface area contributed by atoms with Crippen LogP contribution in [0.1, 0.15) is 113 Å². The zero-order valence-corrected chi connectivity index (χ0v) is 22.3. The first kappa shape index (κ1) is 30.0. The average Bonchev–Trinajstić information content (AvgIpc) is 2.91. The molecule has 2 rings (SSSR count). The van der Waals surface area contributed by atoms with Gasteiger partial charge in [-0.1, -0.05) is 90.4 Å². The van der Waals surface area contributed by atoms with Gasteiger partial charge < -0.3 is 4.74 Å². The molecule has 0 saturated heterocycles. The van der Waals surface area contributed by atoms with Crippen molar-refractivity contribution in [2.75, 3.05) is 6.61 Å². The zero-order valence-electron chi connectivity index (χ0n) is 22.3. The van der Waals surface area contributed by atoms with Gasteiger partial charge in [-0.3, -0.25) is 14.9 Å². The van der Waals surface area contributed by atoms with Gasteiger partial charge in [0.1, 0.15) is 5.75 Å². The molecule has 2 aromatic rings. The summed E-state index contributed by atoms with van der Waals surface area (Å²) in [6.45, 7) is 2.95. The van der Waals surface area contributed by atoms with Crippen molar-refractivity contribution in [2.24, 2.45) is 5.10 Å². The third-order valence-electron chi connectivity index (χ3n) is 6.37. The second-order valence-electron chi connectivity index (χ2n) is 9.52. The van der Waals surface area contributed by atoms with Crippen LogP contribution in [0.15, 0.2) is 53.6 Å². The monoisotopic (exact) mass is 509 g/mol. The predicted octanol–water partition coefficient (Wildman–Crippen LogP) is 8.22. The van der Waals surface area contributed by atoms with Gasteiger partial charge in [-0.05, 0) is 48.4 Å². The van der Waals surface area contributed by atoms with E-state index in [4.69, 9.17) is 4.74 Å². The Hall–Kier alpha value is -3.22.